The van der Waals surface area contributed by atoms with Crippen molar-refractivity contribution in [2.75, 3.05) is 43.5 Å². The summed E-state index contributed by atoms with van der Waals surface area (Å²) in [5, 5.41) is 11.6. The Balaban J connectivity index is 1.30. The van der Waals surface area contributed by atoms with Gasteiger partial charge in [0.25, 0.3) is 0 Å². The number of nitrogens with zero attached hydrogens (tertiary/aromatic N) is 4. The fourth-order valence-electron chi connectivity index (χ4n) is 3.12. The Morgan fingerprint density at radius 1 is 1.04 bits per heavy atom. The van der Waals surface area contributed by atoms with Crippen LogP contribution < -0.4 is 15.0 Å². The predicted molar refractivity (Wildman–Crippen MR) is 99.8 cm³/mol. The van der Waals surface area contributed by atoms with Crippen molar-refractivity contribution in [2.24, 2.45) is 0 Å². The highest BCUT2D eigenvalue weighted by atomic mass is 16.5. The van der Waals surface area contributed by atoms with Crippen molar-refractivity contribution in [3.05, 3.63) is 42.1 Å². The maximum Gasteiger partial charge on any atom is 0.321 e. The maximum absolute atomic E-state index is 12.4. The van der Waals surface area contributed by atoms with E-state index in [1.165, 1.54) is 12.8 Å². The first-order chi connectivity index (χ1) is 12.7. The maximum atomic E-state index is 12.4. The number of amides is 2. The molecule has 7 heteroatoms. The molecule has 4 rings (SSSR count). The van der Waals surface area contributed by atoms with Gasteiger partial charge >= 0.3 is 6.03 Å². The molecule has 1 aliphatic heterocycles. The minimum Gasteiger partial charge on any atom is -0.497 e. The molecule has 2 heterocycles. The van der Waals surface area contributed by atoms with Gasteiger partial charge in [0.1, 0.15) is 5.75 Å². The normalized spacial score (nSPS) is 17.1. The zero-order valence-electron chi connectivity index (χ0n) is 14.9. The lowest BCUT2D eigenvalue weighted by Crippen LogP contribution is -2.50. The quantitative estimate of drug-likeness (QED) is 0.915. The van der Waals surface area contributed by atoms with E-state index < -0.39 is 0 Å². The van der Waals surface area contributed by atoms with Crippen LogP contribution in [0.5, 0.6) is 5.75 Å². The summed E-state index contributed by atoms with van der Waals surface area (Å²) in [5.74, 6) is 2.28. The highest BCUT2D eigenvalue weighted by Gasteiger charge is 2.26. The molecule has 1 N–H and O–H groups in total. The lowest BCUT2D eigenvalue weighted by atomic mass is 10.2. The van der Waals surface area contributed by atoms with Gasteiger partial charge in [-0.3, -0.25) is 0 Å². The van der Waals surface area contributed by atoms with Gasteiger partial charge in [0.15, 0.2) is 5.82 Å². The molecule has 2 amide bonds. The number of urea groups is 1. The molecular formula is C19H23N5O2. The summed E-state index contributed by atoms with van der Waals surface area (Å²) in [6.07, 6.45) is 2.46. The minimum absolute atomic E-state index is 0.0787. The molecule has 26 heavy (non-hydrogen) atoms. The van der Waals surface area contributed by atoms with Crippen LogP contribution in [0, 0.1) is 0 Å². The second-order valence-electron chi connectivity index (χ2n) is 6.72. The first-order valence-corrected chi connectivity index (χ1v) is 9.01. The third-order valence-electron chi connectivity index (χ3n) is 4.90. The SMILES string of the molecule is COc1ccc(NC(=O)N2CCN(c3ccc(C4CC4)nn3)CC2)cc1. The van der Waals surface area contributed by atoms with Crippen LogP contribution in [0.25, 0.3) is 0 Å². The van der Waals surface area contributed by atoms with Gasteiger partial charge in [-0.1, -0.05) is 0 Å². The zero-order valence-corrected chi connectivity index (χ0v) is 14.9. The Bertz CT molecular complexity index is 751. The predicted octanol–water partition coefficient (Wildman–Crippen LogP) is 2.72. The topological polar surface area (TPSA) is 70.6 Å². The lowest BCUT2D eigenvalue weighted by molar-refractivity contribution is 0.208. The summed E-state index contributed by atoms with van der Waals surface area (Å²) in [6, 6.07) is 11.4. The number of rotatable bonds is 4. The Labute approximate surface area is 153 Å². The number of methoxy groups -OCH3 is 1. The average Bonchev–Trinajstić information content (AvgIpc) is 3.54. The second kappa shape index (κ2) is 7.19. The summed E-state index contributed by atoms with van der Waals surface area (Å²) in [7, 11) is 1.62. The first kappa shape index (κ1) is 16.6. The van der Waals surface area contributed by atoms with E-state index in [0.29, 0.717) is 19.0 Å². The van der Waals surface area contributed by atoms with Gasteiger partial charge in [0.05, 0.1) is 12.8 Å². The largest absolute Gasteiger partial charge is 0.497 e. The lowest BCUT2D eigenvalue weighted by Gasteiger charge is -2.35. The first-order valence-electron chi connectivity index (χ1n) is 9.01. The summed E-state index contributed by atoms with van der Waals surface area (Å²) in [6.45, 7) is 2.84. The Hall–Kier alpha value is -2.83. The standard InChI is InChI=1S/C19H23N5O2/c1-26-16-6-4-15(5-7-16)20-19(25)24-12-10-23(11-13-24)18-9-8-17(21-22-18)14-2-3-14/h4-9,14H,2-3,10-13H2,1H3,(H,20,25). The van der Waals surface area contributed by atoms with Gasteiger partial charge in [-0.15, -0.1) is 5.10 Å². The van der Waals surface area contributed by atoms with E-state index in [2.05, 4.69) is 26.5 Å². The van der Waals surface area contributed by atoms with Crippen LogP contribution in [-0.2, 0) is 0 Å². The van der Waals surface area contributed by atoms with E-state index in [4.69, 9.17) is 4.74 Å². The molecule has 0 spiro atoms. The van der Waals surface area contributed by atoms with E-state index >= 15 is 0 Å². The van der Waals surface area contributed by atoms with Crippen molar-refractivity contribution < 1.29 is 9.53 Å². The van der Waals surface area contributed by atoms with Gasteiger partial charge in [-0.2, -0.15) is 5.10 Å². The monoisotopic (exact) mass is 353 g/mol. The number of nitrogens with one attached hydrogen (secondary N) is 1. The van der Waals surface area contributed by atoms with Crippen molar-refractivity contribution >= 4 is 17.5 Å². The second-order valence-corrected chi connectivity index (χ2v) is 6.72. The van der Waals surface area contributed by atoms with Gasteiger partial charge in [0.2, 0.25) is 0 Å². The van der Waals surface area contributed by atoms with Crippen LogP contribution >= 0.6 is 0 Å². The summed E-state index contributed by atoms with van der Waals surface area (Å²) < 4.78 is 5.13. The molecule has 2 aliphatic rings. The number of ether oxygens (including phenoxy) is 1. The minimum atomic E-state index is -0.0787. The van der Waals surface area contributed by atoms with Gasteiger partial charge in [0, 0.05) is 37.8 Å². The van der Waals surface area contributed by atoms with Gasteiger partial charge < -0.3 is 19.9 Å². The molecule has 0 radical (unpaired) electrons. The van der Waals surface area contributed by atoms with Gasteiger partial charge in [-0.05, 0) is 49.2 Å². The van der Waals surface area contributed by atoms with Crippen LogP contribution in [-0.4, -0.2) is 54.4 Å². The van der Waals surface area contributed by atoms with Gasteiger partial charge in [-0.25, -0.2) is 4.79 Å². The average molecular weight is 353 g/mol. The molecule has 7 nitrogen and oxygen atoms in total. The molecule has 136 valence electrons. The fourth-order valence-corrected chi connectivity index (χ4v) is 3.12. The number of hydrogen-bond acceptors (Lipinski definition) is 5. The molecule has 1 aliphatic carbocycles. The van der Waals surface area contributed by atoms with Crippen molar-refractivity contribution in [2.45, 2.75) is 18.8 Å². The molecule has 2 fully saturated rings. The smallest absolute Gasteiger partial charge is 0.321 e. The molecule has 1 aromatic heterocycles. The molecule has 0 bridgehead atoms. The number of benzene rings is 1. The molecule has 1 aromatic carbocycles. The number of aromatic nitrogens is 2. The summed E-state index contributed by atoms with van der Waals surface area (Å²) >= 11 is 0. The van der Waals surface area contributed by atoms with Crippen LogP contribution in [0.4, 0.5) is 16.3 Å². The van der Waals surface area contributed by atoms with Crippen molar-refractivity contribution in [1.82, 2.24) is 15.1 Å². The van der Waals surface area contributed by atoms with E-state index in [1.807, 2.05) is 35.2 Å². The van der Waals surface area contributed by atoms with Crippen molar-refractivity contribution in [3.63, 3.8) is 0 Å². The third-order valence-corrected chi connectivity index (χ3v) is 4.90. The fraction of sp³-hybridized carbons (Fsp3) is 0.421. The molecule has 2 aromatic rings. The highest BCUT2D eigenvalue weighted by Crippen LogP contribution is 2.38. The van der Waals surface area contributed by atoms with Crippen molar-refractivity contribution in [3.8, 4) is 5.75 Å². The summed E-state index contributed by atoms with van der Waals surface area (Å²) in [4.78, 5) is 16.4. The number of carbonyl (C=O) groups is 1. The molecule has 0 unspecified atom stereocenters. The number of hydrogen-bond donors (Lipinski definition) is 1. The van der Waals surface area contributed by atoms with Crippen LogP contribution in [0.3, 0.4) is 0 Å². The zero-order chi connectivity index (χ0) is 17.9. The van der Waals surface area contributed by atoms with E-state index in [9.17, 15) is 4.79 Å². The summed E-state index contributed by atoms with van der Waals surface area (Å²) in [5.41, 5.74) is 1.87. The molecule has 1 saturated heterocycles. The van der Waals surface area contributed by atoms with E-state index in [-0.39, 0.29) is 6.03 Å². The number of carbonyl (C=O) groups excluding carboxylic acids is 1. The Kier molecular flexibility index (Phi) is 4.60. The number of anilines is 2. The molecular weight excluding hydrogens is 330 g/mol. The Morgan fingerprint density at radius 3 is 2.35 bits per heavy atom. The van der Waals surface area contributed by atoms with E-state index in [1.54, 1.807) is 7.11 Å². The highest BCUT2D eigenvalue weighted by molar-refractivity contribution is 5.89. The van der Waals surface area contributed by atoms with Crippen LogP contribution in [0.1, 0.15) is 24.5 Å². The van der Waals surface area contributed by atoms with Crippen molar-refractivity contribution in [1.29, 1.82) is 0 Å². The molecule has 0 atom stereocenters. The third kappa shape index (κ3) is 3.71. The molecule has 1 saturated carbocycles. The number of piperazine rings is 1. The van der Waals surface area contributed by atoms with Crippen LogP contribution in [0.2, 0.25) is 0 Å². The van der Waals surface area contributed by atoms with E-state index in [0.717, 1.165) is 36.0 Å². The van der Waals surface area contributed by atoms with Crippen LogP contribution in [0.15, 0.2) is 36.4 Å². The Morgan fingerprint density at radius 2 is 1.77 bits per heavy atom.